The van der Waals surface area contributed by atoms with E-state index in [9.17, 15) is 4.79 Å². The van der Waals surface area contributed by atoms with Gasteiger partial charge in [-0.1, -0.05) is 30.3 Å². The summed E-state index contributed by atoms with van der Waals surface area (Å²) in [5, 5.41) is 0. The van der Waals surface area contributed by atoms with Crippen LogP contribution in [0.4, 0.5) is 0 Å². The van der Waals surface area contributed by atoms with Crippen molar-refractivity contribution in [3.05, 3.63) is 35.9 Å². The number of piperidine rings is 1. The summed E-state index contributed by atoms with van der Waals surface area (Å²) in [6.07, 6.45) is 2.55. The van der Waals surface area contributed by atoms with Crippen LogP contribution in [-0.4, -0.2) is 29.8 Å². The predicted octanol–water partition coefficient (Wildman–Crippen LogP) is 2.28. The molecule has 1 atom stereocenters. The first-order valence-electron chi connectivity index (χ1n) is 6.05. The van der Waals surface area contributed by atoms with Crippen molar-refractivity contribution in [3.63, 3.8) is 0 Å². The van der Waals surface area contributed by atoms with E-state index in [-0.39, 0.29) is 0 Å². The minimum absolute atomic E-state index is 0.420. The summed E-state index contributed by atoms with van der Waals surface area (Å²) in [6, 6.07) is 11.1. The molecule has 0 saturated carbocycles. The number of nitrogens with zero attached hydrogens (tertiary/aromatic N) is 1. The van der Waals surface area contributed by atoms with E-state index >= 15 is 0 Å². The quantitative estimate of drug-likeness (QED) is 0.774. The maximum atomic E-state index is 11.2. The Labute approximate surface area is 97.3 Å². The largest absolute Gasteiger partial charge is 0.300 e. The zero-order valence-electron chi connectivity index (χ0n) is 9.86. The van der Waals surface area contributed by atoms with E-state index in [0.717, 1.165) is 32.4 Å². The Bertz CT molecular complexity index is 337. The summed E-state index contributed by atoms with van der Waals surface area (Å²) in [5.41, 5.74) is 1.38. The number of benzene rings is 1. The van der Waals surface area contributed by atoms with Gasteiger partial charge in [-0.2, -0.15) is 0 Å². The van der Waals surface area contributed by atoms with E-state index in [1.165, 1.54) is 5.56 Å². The lowest BCUT2D eigenvalue weighted by Crippen LogP contribution is -2.41. The van der Waals surface area contributed by atoms with Gasteiger partial charge in [-0.25, -0.2) is 0 Å². The van der Waals surface area contributed by atoms with Crippen LogP contribution in [-0.2, 0) is 11.2 Å². The second kappa shape index (κ2) is 5.26. The fourth-order valence-corrected chi connectivity index (χ4v) is 2.30. The lowest BCUT2D eigenvalue weighted by molar-refractivity contribution is -0.121. The molecule has 0 spiro atoms. The first-order valence-corrected chi connectivity index (χ1v) is 6.05. The van der Waals surface area contributed by atoms with E-state index in [1.54, 1.807) is 0 Å². The Balaban J connectivity index is 1.88. The third-order valence-corrected chi connectivity index (χ3v) is 3.35. The number of Topliss-reactive ketones (excluding diaryl/α,β-unsaturated/α-hetero) is 1. The topological polar surface area (TPSA) is 20.3 Å². The molecule has 86 valence electrons. The average molecular weight is 217 g/mol. The summed E-state index contributed by atoms with van der Waals surface area (Å²) >= 11 is 0. The maximum absolute atomic E-state index is 11.2. The van der Waals surface area contributed by atoms with Crippen molar-refractivity contribution < 1.29 is 4.79 Å². The highest BCUT2D eigenvalue weighted by molar-refractivity contribution is 5.79. The smallest absolute Gasteiger partial charge is 0.135 e. The molecular formula is C14H19NO. The molecule has 1 aromatic rings. The van der Waals surface area contributed by atoms with Gasteiger partial charge in [-0.05, 0) is 18.9 Å². The van der Waals surface area contributed by atoms with Gasteiger partial charge in [0.25, 0.3) is 0 Å². The summed E-state index contributed by atoms with van der Waals surface area (Å²) in [5.74, 6) is 0.420. The molecule has 0 bridgehead atoms. The summed E-state index contributed by atoms with van der Waals surface area (Å²) in [4.78, 5) is 13.6. The molecule has 0 aromatic heterocycles. The fraction of sp³-hybridized carbons (Fsp3) is 0.500. The number of hydrogen-bond donors (Lipinski definition) is 0. The molecule has 2 rings (SSSR count). The van der Waals surface area contributed by atoms with Crippen LogP contribution >= 0.6 is 0 Å². The molecule has 1 aliphatic rings. The monoisotopic (exact) mass is 217 g/mol. The zero-order valence-corrected chi connectivity index (χ0v) is 9.86. The summed E-state index contributed by atoms with van der Waals surface area (Å²) in [7, 11) is 0. The van der Waals surface area contributed by atoms with Gasteiger partial charge in [0, 0.05) is 32.0 Å². The molecule has 2 nitrogen and oxygen atoms in total. The van der Waals surface area contributed by atoms with E-state index in [2.05, 4.69) is 36.1 Å². The highest BCUT2D eigenvalue weighted by Gasteiger charge is 2.20. The van der Waals surface area contributed by atoms with Crippen molar-refractivity contribution >= 4 is 5.78 Å². The molecule has 1 fully saturated rings. The number of rotatable bonds is 3. The molecule has 0 aliphatic carbocycles. The fourth-order valence-electron chi connectivity index (χ4n) is 2.30. The van der Waals surface area contributed by atoms with Gasteiger partial charge < -0.3 is 0 Å². The molecule has 1 unspecified atom stereocenters. The predicted molar refractivity (Wildman–Crippen MR) is 65.4 cm³/mol. The van der Waals surface area contributed by atoms with Crippen molar-refractivity contribution in [3.8, 4) is 0 Å². The lowest BCUT2D eigenvalue weighted by Gasteiger charge is -2.31. The highest BCUT2D eigenvalue weighted by Crippen LogP contribution is 2.13. The van der Waals surface area contributed by atoms with Crippen molar-refractivity contribution in [2.45, 2.75) is 32.2 Å². The van der Waals surface area contributed by atoms with Gasteiger partial charge in [-0.3, -0.25) is 9.69 Å². The SMILES string of the molecule is CC(Cc1ccccc1)N1CCC(=O)CC1. The third kappa shape index (κ3) is 2.92. The zero-order chi connectivity index (χ0) is 11.4. The van der Waals surface area contributed by atoms with Crippen molar-refractivity contribution in [2.75, 3.05) is 13.1 Å². The molecule has 0 N–H and O–H groups in total. The van der Waals surface area contributed by atoms with Gasteiger partial charge in [0.05, 0.1) is 0 Å². The van der Waals surface area contributed by atoms with Crippen LogP contribution < -0.4 is 0 Å². The van der Waals surface area contributed by atoms with Crippen LogP contribution in [0.3, 0.4) is 0 Å². The standard InChI is InChI=1S/C14H19NO/c1-12(11-13-5-3-2-4-6-13)15-9-7-14(16)8-10-15/h2-6,12H,7-11H2,1H3. The van der Waals surface area contributed by atoms with Gasteiger partial charge >= 0.3 is 0 Å². The van der Waals surface area contributed by atoms with Crippen LogP contribution in [0, 0.1) is 0 Å². The molecule has 2 heteroatoms. The lowest BCUT2D eigenvalue weighted by atomic mass is 10.0. The molecule has 16 heavy (non-hydrogen) atoms. The molecule has 0 amide bonds. The average Bonchev–Trinajstić information content (AvgIpc) is 2.31. The molecule has 1 heterocycles. The van der Waals surface area contributed by atoms with Gasteiger partial charge in [-0.15, -0.1) is 0 Å². The van der Waals surface area contributed by atoms with Gasteiger partial charge in [0.2, 0.25) is 0 Å². The molecular weight excluding hydrogens is 198 g/mol. The first kappa shape index (κ1) is 11.3. The molecule has 0 radical (unpaired) electrons. The summed E-state index contributed by atoms with van der Waals surface area (Å²) in [6.45, 7) is 4.13. The van der Waals surface area contributed by atoms with E-state index in [1.807, 2.05) is 6.07 Å². The van der Waals surface area contributed by atoms with E-state index < -0.39 is 0 Å². The Morgan fingerprint density at radius 3 is 2.44 bits per heavy atom. The second-order valence-corrected chi connectivity index (χ2v) is 4.61. The Kier molecular flexibility index (Phi) is 3.73. The normalized spacial score (nSPS) is 19.7. The van der Waals surface area contributed by atoms with Crippen molar-refractivity contribution in [1.82, 2.24) is 4.90 Å². The number of ketones is 1. The van der Waals surface area contributed by atoms with Crippen LogP contribution in [0.25, 0.3) is 0 Å². The van der Waals surface area contributed by atoms with Crippen LogP contribution in [0.15, 0.2) is 30.3 Å². The third-order valence-electron chi connectivity index (χ3n) is 3.35. The number of carbonyl (C=O) groups is 1. The molecule has 1 saturated heterocycles. The Morgan fingerprint density at radius 1 is 1.19 bits per heavy atom. The maximum Gasteiger partial charge on any atom is 0.135 e. The minimum Gasteiger partial charge on any atom is -0.300 e. The van der Waals surface area contributed by atoms with Crippen molar-refractivity contribution in [1.29, 1.82) is 0 Å². The van der Waals surface area contributed by atoms with E-state index in [4.69, 9.17) is 0 Å². The van der Waals surface area contributed by atoms with Crippen LogP contribution in [0.5, 0.6) is 0 Å². The number of hydrogen-bond acceptors (Lipinski definition) is 2. The van der Waals surface area contributed by atoms with Crippen LogP contribution in [0.2, 0.25) is 0 Å². The first-order chi connectivity index (χ1) is 7.75. The molecule has 1 aliphatic heterocycles. The van der Waals surface area contributed by atoms with E-state index in [0.29, 0.717) is 11.8 Å². The number of carbonyl (C=O) groups excluding carboxylic acids is 1. The Morgan fingerprint density at radius 2 is 1.81 bits per heavy atom. The Hall–Kier alpha value is -1.15. The van der Waals surface area contributed by atoms with Crippen LogP contribution in [0.1, 0.15) is 25.3 Å². The highest BCUT2D eigenvalue weighted by atomic mass is 16.1. The molecule has 1 aromatic carbocycles. The van der Waals surface area contributed by atoms with Gasteiger partial charge in [0.1, 0.15) is 5.78 Å². The number of likely N-dealkylation sites (tertiary alicyclic amines) is 1. The van der Waals surface area contributed by atoms with Crippen molar-refractivity contribution in [2.24, 2.45) is 0 Å². The summed E-state index contributed by atoms with van der Waals surface area (Å²) < 4.78 is 0. The van der Waals surface area contributed by atoms with Gasteiger partial charge in [0.15, 0.2) is 0 Å². The second-order valence-electron chi connectivity index (χ2n) is 4.61. The minimum atomic E-state index is 0.420.